The van der Waals surface area contributed by atoms with Crippen molar-refractivity contribution in [3.05, 3.63) is 58.3 Å². The van der Waals surface area contributed by atoms with Gasteiger partial charge in [-0.15, -0.1) is 11.8 Å². The Bertz CT molecular complexity index is 651. The lowest BCUT2D eigenvalue weighted by Gasteiger charge is -2.11. The number of halogens is 2. The van der Waals surface area contributed by atoms with Crippen LogP contribution in [0.3, 0.4) is 0 Å². The molecule has 0 aromatic heterocycles. The minimum absolute atomic E-state index is 0.237. The van der Waals surface area contributed by atoms with E-state index in [0.717, 1.165) is 16.1 Å². The van der Waals surface area contributed by atoms with Crippen LogP contribution in [-0.2, 0) is 11.3 Å². The van der Waals surface area contributed by atoms with Crippen LogP contribution in [0.5, 0.6) is 0 Å². The van der Waals surface area contributed by atoms with Gasteiger partial charge in [-0.2, -0.15) is 0 Å². The molecule has 0 aliphatic carbocycles. The molecule has 0 unspecified atom stereocenters. The van der Waals surface area contributed by atoms with Crippen molar-refractivity contribution in [1.82, 2.24) is 0 Å². The Morgan fingerprint density at radius 2 is 2.05 bits per heavy atom. The van der Waals surface area contributed by atoms with Crippen LogP contribution in [0.2, 0.25) is 0 Å². The highest BCUT2D eigenvalue weighted by Gasteiger charge is 2.05. The van der Waals surface area contributed by atoms with Crippen LogP contribution >= 0.6 is 27.7 Å². The molecule has 0 saturated heterocycles. The molecule has 0 atom stereocenters. The third-order valence-electron chi connectivity index (χ3n) is 2.72. The highest BCUT2D eigenvalue weighted by Crippen LogP contribution is 2.27. The Morgan fingerprint density at radius 3 is 2.76 bits per heavy atom. The first kappa shape index (κ1) is 15.9. The van der Waals surface area contributed by atoms with Crippen LogP contribution in [0, 0.1) is 5.82 Å². The van der Waals surface area contributed by atoms with Crippen molar-refractivity contribution in [3.63, 3.8) is 0 Å². The number of hydrogen-bond donors (Lipinski definition) is 2. The summed E-state index contributed by atoms with van der Waals surface area (Å²) in [6.07, 6.45) is 0. The summed E-state index contributed by atoms with van der Waals surface area (Å²) in [5.74, 6) is -0.394. The van der Waals surface area contributed by atoms with Crippen molar-refractivity contribution in [2.24, 2.45) is 5.73 Å². The third-order valence-corrected chi connectivity index (χ3v) is 4.43. The molecule has 21 heavy (non-hydrogen) atoms. The van der Waals surface area contributed by atoms with Gasteiger partial charge in [0.05, 0.1) is 10.2 Å². The maximum atomic E-state index is 13.2. The van der Waals surface area contributed by atoms with Crippen LogP contribution in [0.4, 0.5) is 10.1 Å². The number of anilines is 1. The first-order valence-electron chi connectivity index (χ1n) is 6.24. The quantitative estimate of drug-likeness (QED) is 0.762. The number of nitrogens with one attached hydrogen (secondary N) is 1. The molecule has 3 N–H and O–H groups in total. The molecule has 0 saturated carbocycles. The van der Waals surface area contributed by atoms with Crippen molar-refractivity contribution in [3.8, 4) is 0 Å². The standard InChI is InChI=1S/C15H14BrFN2OS/c16-11-7-10(5-6-12(11)17)8-19-13-3-1-2-4-14(13)21-9-15(18)20/h1-7,19H,8-9H2,(H2,18,20). The molecule has 0 fully saturated rings. The molecule has 0 bridgehead atoms. The molecule has 6 heteroatoms. The number of para-hydroxylation sites is 1. The van der Waals surface area contributed by atoms with Crippen LogP contribution in [0.15, 0.2) is 51.8 Å². The van der Waals surface area contributed by atoms with Crippen LogP contribution in [-0.4, -0.2) is 11.7 Å². The first-order chi connectivity index (χ1) is 10.1. The average molecular weight is 369 g/mol. The third kappa shape index (κ3) is 4.75. The van der Waals surface area contributed by atoms with E-state index in [1.54, 1.807) is 12.1 Å². The van der Waals surface area contributed by atoms with Gasteiger partial charge in [0.2, 0.25) is 5.91 Å². The van der Waals surface area contributed by atoms with Gasteiger partial charge in [-0.3, -0.25) is 4.79 Å². The largest absolute Gasteiger partial charge is 0.380 e. The van der Waals surface area contributed by atoms with E-state index in [-0.39, 0.29) is 17.5 Å². The Labute approximate surface area is 135 Å². The summed E-state index contributed by atoms with van der Waals surface area (Å²) < 4.78 is 13.6. The number of amides is 1. The maximum absolute atomic E-state index is 13.2. The van der Waals surface area contributed by atoms with Crippen molar-refractivity contribution >= 4 is 39.3 Å². The summed E-state index contributed by atoms with van der Waals surface area (Å²) in [5.41, 5.74) is 7.04. The summed E-state index contributed by atoms with van der Waals surface area (Å²) in [7, 11) is 0. The molecular weight excluding hydrogens is 355 g/mol. The van der Waals surface area contributed by atoms with Gasteiger partial charge in [-0.1, -0.05) is 18.2 Å². The summed E-state index contributed by atoms with van der Waals surface area (Å²) >= 11 is 4.56. The van der Waals surface area contributed by atoms with E-state index in [0.29, 0.717) is 11.0 Å². The lowest BCUT2D eigenvalue weighted by molar-refractivity contribution is -0.115. The summed E-state index contributed by atoms with van der Waals surface area (Å²) in [6, 6.07) is 12.6. The molecule has 2 rings (SSSR count). The van der Waals surface area contributed by atoms with Crippen LogP contribution in [0.25, 0.3) is 0 Å². The molecule has 0 heterocycles. The SMILES string of the molecule is NC(=O)CSc1ccccc1NCc1ccc(F)c(Br)c1. The molecule has 1 amide bonds. The van der Waals surface area contributed by atoms with Crippen molar-refractivity contribution in [2.75, 3.05) is 11.1 Å². The highest BCUT2D eigenvalue weighted by molar-refractivity contribution is 9.10. The topological polar surface area (TPSA) is 55.1 Å². The Hall–Kier alpha value is -1.53. The predicted octanol–water partition coefficient (Wildman–Crippen LogP) is 3.78. The molecule has 0 spiro atoms. The van der Waals surface area contributed by atoms with Crippen molar-refractivity contribution < 1.29 is 9.18 Å². The van der Waals surface area contributed by atoms with Gasteiger partial charge in [-0.25, -0.2) is 4.39 Å². The zero-order valence-electron chi connectivity index (χ0n) is 11.1. The number of benzene rings is 2. The van der Waals surface area contributed by atoms with Gasteiger partial charge in [0.1, 0.15) is 5.82 Å². The van der Waals surface area contributed by atoms with Gasteiger partial charge in [-0.05, 0) is 45.8 Å². The van der Waals surface area contributed by atoms with Gasteiger partial charge in [0, 0.05) is 17.1 Å². The zero-order chi connectivity index (χ0) is 15.2. The fourth-order valence-corrected chi connectivity index (χ4v) is 2.93. The minimum atomic E-state index is -0.350. The predicted molar refractivity (Wildman–Crippen MR) is 87.8 cm³/mol. The van der Waals surface area contributed by atoms with Crippen molar-refractivity contribution in [1.29, 1.82) is 0 Å². The van der Waals surface area contributed by atoms with E-state index in [2.05, 4.69) is 21.2 Å². The van der Waals surface area contributed by atoms with Crippen LogP contribution < -0.4 is 11.1 Å². The fraction of sp³-hybridized carbons (Fsp3) is 0.133. The average Bonchev–Trinajstić information content (AvgIpc) is 2.47. The molecule has 110 valence electrons. The monoisotopic (exact) mass is 368 g/mol. The maximum Gasteiger partial charge on any atom is 0.227 e. The number of thioether (sulfide) groups is 1. The molecule has 3 nitrogen and oxygen atoms in total. The number of rotatable bonds is 6. The van der Waals surface area contributed by atoms with Gasteiger partial charge in [0.25, 0.3) is 0 Å². The highest BCUT2D eigenvalue weighted by atomic mass is 79.9. The second-order valence-corrected chi connectivity index (χ2v) is 6.22. The summed E-state index contributed by atoms with van der Waals surface area (Å²) in [4.78, 5) is 11.8. The van der Waals surface area contributed by atoms with Gasteiger partial charge >= 0.3 is 0 Å². The Balaban J connectivity index is 2.05. The lowest BCUT2D eigenvalue weighted by Crippen LogP contribution is -2.13. The molecule has 2 aromatic carbocycles. The fourth-order valence-electron chi connectivity index (χ4n) is 1.73. The second-order valence-electron chi connectivity index (χ2n) is 4.35. The van der Waals surface area contributed by atoms with Crippen LogP contribution in [0.1, 0.15) is 5.56 Å². The summed E-state index contributed by atoms with van der Waals surface area (Å²) in [6.45, 7) is 0.563. The molecule has 0 aliphatic heterocycles. The number of carbonyl (C=O) groups excluding carboxylic acids is 1. The van der Waals surface area contributed by atoms with E-state index >= 15 is 0 Å². The normalized spacial score (nSPS) is 10.4. The molecule has 0 radical (unpaired) electrons. The van der Waals surface area contributed by atoms with Crippen molar-refractivity contribution in [2.45, 2.75) is 11.4 Å². The molecule has 0 aliphatic rings. The first-order valence-corrected chi connectivity index (χ1v) is 8.02. The lowest BCUT2D eigenvalue weighted by atomic mass is 10.2. The number of carbonyl (C=O) groups is 1. The Kier molecular flexibility index (Phi) is 5.64. The summed E-state index contributed by atoms with van der Waals surface area (Å²) in [5, 5.41) is 3.28. The molecule has 2 aromatic rings. The Morgan fingerprint density at radius 1 is 1.29 bits per heavy atom. The van der Waals surface area contributed by atoms with E-state index in [4.69, 9.17) is 5.73 Å². The van der Waals surface area contributed by atoms with E-state index in [1.807, 2.05) is 24.3 Å². The zero-order valence-corrected chi connectivity index (χ0v) is 13.5. The second kappa shape index (κ2) is 7.47. The minimum Gasteiger partial charge on any atom is -0.380 e. The van der Waals surface area contributed by atoms with E-state index in [9.17, 15) is 9.18 Å². The number of hydrogen-bond acceptors (Lipinski definition) is 3. The van der Waals surface area contributed by atoms with Gasteiger partial charge < -0.3 is 11.1 Å². The number of primary amides is 1. The smallest absolute Gasteiger partial charge is 0.227 e. The van der Waals surface area contributed by atoms with E-state index in [1.165, 1.54) is 17.8 Å². The number of nitrogens with two attached hydrogens (primary N) is 1. The van der Waals surface area contributed by atoms with E-state index < -0.39 is 0 Å². The van der Waals surface area contributed by atoms with Gasteiger partial charge in [0.15, 0.2) is 0 Å². The molecular formula is C15H14BrFN2OS.